The first-order chi connectivity index (χ1) is 17.9. The highest BCUT2D eigenvalue weighted by molar-refractivity contribution is 6.33. The van der Waals surface area contributed by atoms with Gasteiger partial charge < -0.3 is 11.1 Å². The average molecular weight is 511 g/mol. The number of hydrogen-bond acceptors (Lipinski definition) is 6. The molecule has 2 heterocycles. The van der Waals surface area contributed by atoms with Crippen molar-refractivity contribution in [1.29, 1.82) is 5.26 Å². The van der Waals surface area contributed by atoms with E-state index in [1.54, 1.807) is 31.4 Å². The van der Waals surface area contributed by atoms with Crippen LogP contribution in [0.3, 0.4) is 0 Å². The maximum Gasteiger partial charge on any atom is 0.259 e. The van der Waals surface area contributed by atoms with Crippen molar-refractivity contribution in [2.75, 3.05) is 5.32 Å². The summed E-state index contributed by atoms with van der Waals surface area (Å²) in [6.45, 7) is 0. The molecule has 3 N–H and O–H groups in total. The van der Waals surface area contributed by atoms with Gasteiger partial charge in [-0.2, -0.15) is 10.2 Å². The minimum atomic E-state index is -0.763. The zero-order valence-electron chi connectivity index (χ0n) is 20.0. The van der Waals surface area contributed by atoms with E-state index in [-0.39, 0.29) is 23.0 Å². The molecule has 1 unspecified atom stereocenters. The summed E-state index contributed by atoms with van der Waals surface area (Å²) < 4.78 is 1.46. The Morgan fingerprint density at radius 1 is 1.16 bits per heavy atom. The number of nitriles is 1. The standard InChI is InChI=1S/C28H23ClN6O2/c1-35-26-18(13-20(27(35)37)19-9-5-6-10-22(19)29)15-32-28(34-26)33-24(17-7-3-2-4-8-17)23(16-11-12-16)21(14-30)25(31)36/h2-10,13,15-16,24H,11-12H2,1H3,(H2,31,36)(H,32,33,34). The molecule has 1 saturated carbocycles. The summed E-state index contributed by atoms with van der Waals surface area (Å²) in [5.41, 5.74) is 8.26. The molecule has 0 saturated heterocycles. The fraction of sp³-hybridized carbons (Fsp3) is 0.179. The molecule has 0 radical (unpaired) electrons. The Morgan fingerprint density at radius 2 is 1.86 bits per heavy atom. The maximum atomic E-state index is 13.2. The number of anilines is 1. The monoisotopic (exact) mass is 510 g/mol. The summed E-state index contributed by atoms with van der Waals surface area (Å²) in [7, 11) is 1.65. The van der Waals surface area contributed by atoms with E-state index in [1.807, 2.05) is 48.5 Å². The second kappa shape index (κ2) is 9.88. The van der Waals surface area contributed by atoms with Crippen molar-refractivity contribution in [3.63, 3.8) is 0 Å². The molecular formula is C28H23ClN6O2. The number of pyridine rings is 1. The maximum absolute atomic E-state index is 13.2. The molecule has 1 amide bonds. The van der Waals surface area contributed by atoms with Crippen LogP contribution in [-0.2, 0) is 11.8 Å². The number of aromatic nitrogens is 3. The summed E-state index contributed by atoms with van der Waals surface area (Å²) >= 11 is 6.35. The van der Waals surface area contributed by atoms with Gasteiger partial charge in [-0.05, 0) is 42.0 Å². The zero-order chi connectivity index (χ0) is 26.1. The smallest absolute Gasteiger partial charge is 0.259 e. The van der Waals surface area contributed by atoms with Gasteiger partial charge in [0.2, 0.25) is 5.95 Å². The number of carbonyl (C=O) groups excluding carboxylic acids is 1. The molecule has 0 spiro atoms. The zero-order valence-corrected chi connectivity index (χ0v) is 20.7. The van der Waals surface area contributed by atoms with E-state index in [4.69, 9.17) is 17.3 Å². The summed E-state index contributed by atoms with van der Waals surface area (Å²) in [4.78, 5) is 34.5. The first kappa shape index (κ1) is 24.2. The van der Waals surface area contributed by atoms with Crippen LogP contribution in [0.4, 0.5) is 5.95 Å². The van der Waals surface area contributed by atoms with Gasteiger partial charge in [0.25, 0.3) is 11.5 Å². The van der Waals surface area contributed by atoms with E-state index >= 15 is 0 Å². The fourth-order valence-corrected chi connectivity index (χ4v) is 4.78. The molecule has 1 aliphatic rings. The van der Waals surface area contributed by atoms with Gasteiger partial charge in [-0.25, -0.2) is 4.98 Å². The molecule has 0 bridgehead atoms. The highest BCUT2D eigenvalue weighted by Gasteiger charge is 2.36. The van der Waals surface area contributed by atoms with Gasteiger partial charge in [0.15, 0.2) is 0 Å². The van der Waals surface area contributed by atoms with Crippen LogP contribution in [0.25, 0.3) is 22.2 Å². The van der Waals surface area contributed by atoms with Gasteiger partial charge in [0, 0.05) is 34.8 Å². The quantitative estimate of drug-likeness (QED) is 0.278. The summed E-state index contributed by atoms with van der Waals surface area (Å²) in [5, 5.41) is 14.2. The number of benzene rings is 2. The number of primary amides is 1. The third kappa shape index (κ3) is 4.69. The normalized spacial score (nSPS) is 14.5. The topological polar surface area (TPSA) is 127 Å². The number of nitrogens with zero attached hydrogens (tertiary/aromatic N) is 4. The predicted molar refractivity (Wildman–Crippen MR) is 143 cm³/mol. The van der Waals surface area contributed by atoms with Crippen molar-refractivity contribution < 1.29 is 4.79 Å². The van der Waals surface area contributed by atoms with Crippen molar-refractivity contribution in [2.45, 2.75) is 18.9 Å². The van der Waals surface area contributed by atoms with Crippen LogP contribution in [0.15, 0.2) is 82.8 Å². The minimum absolute atomic E-state index is 0.0542. The second-order valence-electron chi connectivity index (χ2n) is 8.94. The number of aryl methyl sites for hydroxylation is 1. The van der Waals surface area contributed by atoms with Crippen LogP contribution in [0.1, 0.15) is 24.4 Å². The Morgan fingerprint density at radius 3 is 2.51 bits per heavy atom. The van der Waals surface area contributed by atoms with Crippen LogP contribution in [0.2, 0.25) is 5.02 Å². The number of rotatable bonds is 7. The van der Waals surface area contributed by atoms with Crippen LogP contribution in [0.5, 0.6) is 0 Å². The molecule has 5 rings (SSSR count). The molecule has 9 heteroatoms. The summed E-state index contributed by atoms with van der Waals surface area (Å²) in [6, 6.07) is 19.8. The molecule has 1 atom stereocenters. The van der Waals surface area contributed by atoms with Crippen molar-refractivity contribution in [1.82, 2.24) is 14.5 Å². The number of fused-ring (bicyclic) bond motifs is 1. The minimum Gasteiger partial charge on any atom is -0.365 e. The number of amides is 1. The third-order valence-corrected chi connectivity index (χ3v) is 6.82. The van der Waals surface area contributed by atoms with Gasteiger partial charge in [-0.15, -0.1) is 0 Å². The van der Waals surface area contributed by atoms with Crippen LogP contribution in [-0.4, -0.2) is 20.4 Å². The molecule has 2 aromatic carbocycles. The van der Waals surface area contributed by atoms with Crippen molar-refractivity contribution in [2.24, 2.45) is 18.7 Å². The predicted octanol–water partition coefficient (Wildman–Crippen LogP) is 4.52. The SMILES string of the molecule is Cn1c(=O)c(-c2ccccc2Cl)cc2cnc(NC(C(=C(C#N)C(N)=O)C3CC3)c3ccccc3)nc21. The molecule has 0 aliphatic heterocycles. The third-order valence-electron chi connectivity index (χ3n) is 6.49. The lowest BCUT2D eigenvalue weighted by Crippen LogP contribution is -2.24. The lowest BCUT2D eigenvalue weighted by atomic mass is 9.91. The molecule has 2 aromatic heterocycles. The van der Waals surface area contributed by atoms with Crippen LogP contribution < -0.4 is 16.6 Å². The molecule has 184 valence electrons. The molecule has 37 heavy (non-hydrogen) atoms. The molecular weight excluding hydrogens is 488 g/mol. The lowest BCUT2D eigenvalue weighted by molar-refractivity contribution is -0.114. The van der Waals surface area contributed by atoms with E-state index in [0.717, 1.165) is 18.4 Å². The second-order valence-corrected chi connectivity index (χ2v) is 9.35. The van der Waals surface area contributed by atoms with Crippen molar-refractivity contribution >= 4 is 34.5 Å². The summed E-state index contributed by atoms with van der Waals surface area (Å²) in [5.74, 6) is -0.453. The number of carbonyl (C=O) groups is 1. The van der Waals surface area contributed by atoms with Gasteiger partial charge in [0.05, 0.1) is 6.04 Å². The van der Waals surface area contributed by atoms with Crippen molar-refractivity contribution in [3.8, 4) is 17.2 Å². The van der Waals surface area contributed by atoms with Crippen LogP contribution >= 0.6 is 11.6 Å². The van der Waals surface area contributed by atoms with E-state index in [9.17, 15) is 14.9 Å². The molecule has 4 aromatic rings. The Hall–Kier alpha value is -4.48. The van der Waals surface area contributed by atoms with E-state index in [0.29, 0.717) is 32.8 Å². The van der Waals surface area contributed by atoms with Crippen LogP contribution in [0, 0.1) is 17.2 Å². The van der Waals surface area contributed by atoms with Gasteiger partial charge in [-0.3, -0.25) is 14.2 Å². The molecule has 8 nitrogen and oxygen atoms in total. The number of halogens is 1. The van der Waals surface area contributed by atoms with Gasteiger partial charge >= 0.3 is 0 Å². The largest absolute Gasteiger partial charge is 0.365 e. The number of nitrogens with two attached hydrogens (primary N) is 1. The Bertz CT molecular complexity index is 1650. The van der Waals surface area contributed by atoms with E-state index < -0.39 is 11.9 Å². The lowest BCUT2D eigenvalue weighted by Gasteiger charge is -2.23. The first-order valence-electron chi connectivity index (χ1n) is 11.8. The Kier molecular flexibility index (Phi) is 6.47. The fourth-order valence-electron chi connectivity index (χ4n) is 4.54. The number of nitrogens with one attached hydrogen (secondary N) is 1. The van der Waals surface area contributed by atoms with Gasteiger partial charge in [-0.1, -0.05) is 60.1 Å². The van der Waals surface area contributed by atoms with E-state index in [1.165, 1.54) is 4.57 Å². The number of hydrogen-bond donors (Lipinski definition) is 2. The molecule has 1 fully saturated rings. The average Bonchev–Trinajstić information content (AvgIpc) is 3.74. The summed E-state index contributed by atoms with van der Waals surface area (Å²) in [6.07, 6.45) is 3.35. The Balaban J connectivity index is 1.62. The first-order valence-corrected chi connectivity index (χ1v) is 12.1. The van der Waals surface area contributed by atoms with Crippen molar-refractivity contribution in [3.05, 3.63) is 98.9 Å². The van der Waals surface area contributed by atoms with Gasteiger partial charge in [0.1, 0.15) is 17.3 Å². The Labute approximate surface area is 218 Å². The highest BCUT2D eigenvalue weighted by Crippen LogP contribution is 2.45. The highest BCUT2D eigenvalue weighted by atomic mass is 35.5. The molecule has 1 aliphatic carbocycles. The van der Waals surface area contributed by atoms with E-state index in [2.05, 4.69) is 15.3 Å².